The summed E-state index contributed by atoms with van der Waals surface area (Å²) in [6, 6.07) is 0.967. The molecule has 0 saturated heterocycles. The fourth-order valence-corrected chi connectivity index (χ4v) is 5.42. The zero-order valence-electron chi connectivity index (χ0n) is 30.6. The predicted molar refractivity (Wildman–Crippen MR) is 179 cm³/mol. The Kier molecular flexibility index (Phi) is 15.5. The molecule has 11 nitrogen and oxygen atoms in total. The first-order chi connectivity index (χ1) is 22.4. The number of likely N-dealkylation sites (N-methyl/N-ethyl adjacent to an activating group) is 2. The summed E-state index contributed by atoms with van der Waals surface area (Å²) < 4.78 is 49.8. The summed E-state index contributed by atoms with van der Waals surface area (Å²) in [5.74, 6) is -3.15. The minimum atomic E-state index is -4.56. The summed E-state index contributed by atoms with van der Waals surface area (Å²) in [7, 11) is 5.44. The lowest BCUT2D eigenvalue weighted by molar-refractivity contribution is -0.146. The first-order valence-electron chi connectivity index (χ1n) is 16.0. The second kappa shape index (κ2) is 17.6. The molecule has 3 amide bonds. The molecule has 0 spiro atoms. The Bertz CT molecular complexity index is 1370. The lowest BCUT2D eigenvalue weighted by atomic mass is 9.76. The second-order valence-electron chi connectivity index (χ2n) is 14.0. The van der Waals surface area contributed by atoms with Crippen molar-refractivity contribution in [3.05, 3.63) is 47.0 Å². The van der Waals surface area contributed by atoms with E-state index in [1.165, 1.54) is 38.1 Å². The van der Waals surface area contributed by atoms with Crippen molar-refractivity contribution in [1.29, 1.82) is 0 Å². The maximum atomic E-state index is 14.1. The van der Waals surface area contributed by atoms with Crippen molar-refractivity contribution in [2.45, 2.75) is 104 Å². The van der Waals surface area contributed by atoms with Crippen molar-refractivity contribution in [1.82, 2.24) is 20.9 Å². The van der Waals surface area contributed by atoms with Gasteiger partial charge in [0.15, 0.2) is 0 Å². The number of amides is 3. The van der Waals surface area contributed by atoms with Crippen molar-refractivity contribution in [3.8, 4) is 0 Å². The number of halogens is 3. The van der Waals surface area contributed by atoms with E-state index in [-0.39, 0.29) is 29.9 Å². The van der Waals surface area contributed by atoms with Crippen LogP contribution in [0.15, 0.2) is 35.9 Å². The van der Waals surface area contributed by atoms with Crippen LogP contribution in [0.4, 0.5) is 13.2 Å². The summed E-state index contributed by atoms with van der Waals surface area (Å²) in [4.78, 5) is 66.4. The zero-order chi connectivity index (χ0) is 38.1. The van der Waals surface area contributed by atoms with Crippen LogP contribution in [0.1, 0.15) is 79.4 Å². The highest BCUT2D eigenvalue weighted by atomic mass is 19.4. The van der Waals surface area contributed by atoms with Crippen molar-refractivity contribution >= 4 is 29.7 Å². The maximum Gasteiger partial charge on any atom is 0.416 e. The van der Waals surface area contributed by atoms with Crippen molar-refractivity contribution in [3.63, 3.8) is 0 Å². The van der Waals surface area contributed by atoms with Gasteiger partial charge in [0.25, 0.3) is 0 Å². The molecular formula is C35H53F3N4O7. The molecule has 0 saturated carbocycles. The summed E-state index contributed by atoms with van der Waals surface area (Å²) in [6.07, 6.45) is -3.15. The van der Waals surface area contributed by atoms with E-state index in [9.17, 15) is 37.1 Å². The highest BCUT2D eigenvalue weighted by Crippen LogP contribution is 2.34. The average molecular weight is 699 g/mol. The van der Waals surface area contributed by atoms with Crippen LogP contribution < -0.4 is 16.0 Å². The highest BCUT2D eigenvalue weighted by Gasteiger charge is 2.42. The van der Waals surface area contributed by atoms with E-state index in [1.807, 2.05) is 13.8 Å². The van der Waals surface area contributed by atoms with E-state index >= 15 is 0 Å². The molecule has 1 aromatic carbocycles. The number of rotatable bonds is 15. The van der Waals surface area contributed by atoms with Crippen molar-refractivity contribution < 1.29 is 46.6 Å². The minimum Gasteiger partial charge on any atom is -0.469 e. The fraction of sp³-hybridized carbons (Fsp3) is 0.629. The third kappa shape index (κ3) is 11.9. The van der Waals surface area contributed by atoms with Gasteiger partial charge in [-0.3, -0.25) is 19.2 Å². The van der Waals surface area contributed by atoms with E-state index < -0.39 is 76.4 Å². The molecule has 14 heteroatoms. The first kappa shape index (κ1) is 43.1. The van der Waals surface area contributed by atoms with Gasteiger partial charge in [0.05, 0.1) is 31.9 Å². The van der Waals surface area contributed by atoms with Gasteiger partial charge in [-0.15, -0.1) is 0 Å². The monoisotopic (exact) mass is 698 g/mol. The van der Waals surface area contributed by atoms with Crippen LogP contribution in [0, 0.1) is 11.3 Å². The van der Waals surface area contributed by atoms with Gasteiger partial charge in [0.1, 0.15) is 12.1 Å². The molecule has 0 aliphatic heterocycles. The van der Waals surface area contributed by atoms with Crippen LogP contribution in [-0.4, -0.2) is 87.0 Å². The van der Waals surface area contributed by atoms with Gasteiger partial charge in [-0.25, -0.2) is 4.79 Å². The normalized spacial score (nSPS) is 15.1. The van der Waals surface area contributed by atoms with E-state index in [2.05, 4.69) is 20.7 Å². The Morgan fingerprint density at radius 2 is 1.49 bits per heavy atom. The number of methoxy groups -OCH3 is 2. The highest BCUT2D eigenvalue weighted by molar-refractivity contribution is 5.96. The average Bonchev–Trinajstić information content (AvgIpc) is 3.01. The van der Waals surface area contributed by atoms with Gasteiger partial charge >= 0.3 is 18.1 Å². The van der Waals surface area contributed by atoms with Gasteiger partial charge in [0.2, 0.25) is 17.7 Å². The molecule has 0 heterocycles. The van der Waals surface area contributed by atoms with Crippen LogP contribution in [-0.2, 0) is 45.0 Å². The lowest BCUT2D eigenvalue weighted by Gasteiger charge is -2.40. The Labute approximate surface area is 287 Å². The molecule has 1 unspecified atom stereocenters. The minimum absolute atomic E-state index is 0.0461. The Morgan fingerprint density at radius 3 is 1.96 bits per heavy atom. The number of hydrogen-bond donors (Lipinski definition) is 3. The molecular weight excluding hydrogens is 645 g/mol. The molecule has 0 bridgehead atoms. The second-order valence-corrected chi connectivity index (χ2v) is 14.0. The van der Waals surface area contributed by atoms with Crippen LogP contribution in [0.3, 0.4) is 0 Å². The molecule has 0 aromatic heterocycles. The fourth-order valence-electron chi connectivity index (χ4n) is 5.42. The van der Waals surface area contributed by atoms with Gasteiger partial charge in [0, 0.05) is 24.5 Å². The summed E-state index contributed by atoms with van der Waals surface area (Å²) in [5, 5.41) is 8.34. The number of ether oxygens (including phenoxy) is 2. The van der Waals surface area contributed by atoms with E-state index in [1.54, 1.807) is 47.7 Å². The number of benzene rings is 1. The maximum absolute atomic E-state index is 14.1. The lowest BCUT2D eigenvalue weighted by Crippen LogP contribution is -2.61. The number of hydrogen-bond acceptors (Lipinski definition) is 8. The standard InChI is InChI=1S/C35H53F3N4O7/c1-20(2)25(18-21(3)29(44)40-24(32(47)49-12)16-17-26(43)48-11)42(10)31(46)28(33(4,5)6)41-30(45)27(39-9)34(7,8)22-14-13-15-23(19-22)35(36,37)38/h13-15,18-20,24-25,27-28,39H,16-17H2,1-12H3,(H,40,44)(H,41,45)/b21-18+/t24-,25-,27-,28?/m1/s1. The summed E-state index contributed by atoms with van der Waals surface area (Å²) >= 11 is 0. The summed E-state index contributed by atoms with van der Waals surface area (Å²) in [6.45, 7) is 13.8. The quantitative estimate of drug-likeness (QED) is 0.183. The third-order valence-corrected chi connectivity index (χ3v) is 8.52. The summed E-state index contributed by atoms with van der Waals surface area (Å²) in [5.41, 5.74) is -2.28. The molecule has 276 valence electrons. The van der Waals surface area contributed by atoms with Crippen molar-refractivity contribution in [2.75, 3.05) is 28.3 Å². The molecule has 0 fully saturated rings. The molecule has 0 aliphatic rings. The third-order valence-electron chi connectivity index (χ3n) is 8.52. The molecule has 3 N–H and O–H groups in total. The largest absolute Gasteiger partial charge is 0.469 e. The van der Waals surface area contributed by atoms with Gasteiger partial charge in [-0.05, 0) is 43.4 Å². The van der Waals surface area contributed by atoms with Crippen LogP contribution >= 0.6 is 0 Å². The molecule has 0 aliphatic carbocycles. The van der Waals surface area contributed by atoms with E-state index in [0.29, 0.717) is 0 Å². The molecule has 49 heavy (non-hydrogen) atoms. The van der Waals surface area contributed by atoms with Crippen LogP contribution in [0.5, 0.6) is 0 Å². The number of alkyl halides is 3. The number of nitrogens with zero attached hydrogens (tertiary/aromatic N) is 1. The number of esters is 2. The predicted octanol–water partition coefficient (Wildman–Crippen LogP) is 4.14. The number of carbonyl (C=O) groups is 5. The molecule has 0 radical (unpaired) electrons. The van der Waals surface area contributed by atoms with Crippen molar-refractivity contribution in [2.24, 2.45) is 11.3 Å². The molecule has 1 aromatic rings. The Morgan fingerprint density at radius 1 is 0.918 bits per heavy atom. The number of carbonyl (C=O) groups excluding carboxylic acids is 5. The Hall–Kier alpha value is -3.94. The van der Waals surface area contributed by atoms with E-state index in [0.717, 1.165) is 19.2 Å². The van der Waals surface area contributed by atoms with Gasteiger partial charge in [-0.1, -0.05) is 72.7 Å². The number of nitrogens with one attached hydrogen (secondary N) is 3. The van der Waals surface area contributed by atoms with Crippen LogP contribution in [0.2, 0.25) is 0 Å². The molecule has 4 atom stereocenters. The van der Waals surface area contributed by atoms with Gasteiger partial charge in [-0.2, -0.15) is 13.2 Å². The SMILES string of the molecule is CN[C@H](C(=O)NC(C(=O)N(C)[C@H](/C=C(\C)C(=O)N[C@H](CCC(=O)OC)C(=O)OC)C(C)C)C(C)(C)C)C(C)(C)c1cccc(C(F)(F)F)c1. The van der Waals surface area contributed by atoms with E-state index in [4.69, 9.17) is 4.74 Å². The smallest absolute Gasteiger partial charge is 0.416 e. The van der Waals surface area contributed by atoms with Crippen LogP contribution in [0.25, 0.3) is 0 Å². The first-order valence-corrected chi connectivity index (χ1v) is 16.0. The zero-order valence-corrected chi connectivity index (χ0v) is 30.6. The van der Waals surface area contributed by atoms with Gasteiger partial charge < -0.3 is 30.3 Å². The topological polar surface area (TPSA) is 143 Å². The Balaban J connectivity index is 3.36. The molecule has 1 rings (SSSR count).